The first-order valence-corrected chi connectivity index (χ1v) is 9.03. The maximum absolute atomic E-state index is 11.9. The van der Waals surface area contributed by atoms with E-state index in [2.05, 4.69) is 27.7 Å². The maximum atomic E-state index is 11.9. The molecule has 0 aliphatic carbocycles. The second-order valence-electron chi connectivity index (χ2n) is 6.20. The smallest absolute Gasteiger partial charge is 0.325 e. The van der Waals surface area contributed by atoms with Gasteiger partial charge >= 0.3 is 29.7 Å². The van der Waals surface area contributed by atoms with Crippen LogP contribution in [-0.2, 0) is 47.7 Å². The Labute approximate surface area is 177 Å². The number of carbonyl (C=O) groups excluding carboxylic acids is 5. The summed E-state index contributed by atoms with van der Waals surface area (Å²) in [4.78, 5) is 62.5. The molecule has 1 fully saturated rings. The van der Waals surface area contributed by atoms with E-state index < -0.39 is 66.7 Å². The van der Waals surface area contributed by atoms with Crippen molar-refractivity contribution in [2.24, 2.45) is 4.99 Å². The number of esters is 4. The third-order valence-corrected chi connectivity index (χ3v) is 3.78. The largest absolute Gasteiger partial charge is 0.463 e. The predicted octanol–water partition coefficient (Wildman–Crippen LogP) is -0.364. The molecule has 0 spiro atoms. The number of hydrogen-bond acceptors (Lipinski definition) is 12. The quantitative estimate of drug-likeness (QED) is 0.179. The van der Waals surface area contributed by atoms with Crippen molar-refractivity contribution in [1.29, 1.82) is 0 Å². The molecule has 1 saturated heterocycles. The molecule has 0 aromatic rings. The van der Waals surface area contributed by atoms with Crippen LogP contribution in [0, 0.1) is 0 Å². The van der Waals surface area contributed by atoms with E-state index in [-0.39, 0.29) is 0 Å². The lowest BCUT2D eigenvalue weighted by Gasteiger charge is -2.49. The summed E-state index contributed by atoms with van der Waals surface area (Å²) < 4.78 is 26.4. The van der Waals surface area contributed by atoms with Crippen LogP contribution in [0.1, 0.15) is 34.6 Å². The zero-order chi connectivity index (χ0) is 23.1. The summed E-state index contributed by atoms with van der Waals surface area (Å²) in [5.41, 5.74) is 0. The first kappa shape index (κ1) is 25.1. The summed E-state index contributed by atoms with van der Waals surface area (Å²) in [6.07, 6.45) is -4.45. The number of ether oxygens (including phenoxy) is 5. The Morgan fingerprint density at radius 1 is 1.00 bits per heavy atom. The van der Waals surface area contributed by atoms with Crippen molar-refractivity contribution in [3.63, 3.8) is 0 Å². The molecule has 4 atom stereocenters. The normalized spacial score (nSPS) is 24.4. The van der Waals surface area contributed by atoms with Gasteiger partial charge in [0.25, 0.3) is 0 Å². The molecule has 1 N–H and O–H groups in total. The lowest BCUT2D eigenvalue weighted by atomic mass is 9.91. The van der Waals surface area contributed by atoms with Crippen molar-refractivity contribution in [3.05, 3.63) is 0 Å². The minimum atomic E-state index is -2.42. The van der Waals surface area contributed by atoms with Gasteiger partial charge in [-0.15, -0.1) is 0 Å². The molecular formula is C17H22N2O10S. The molecule has 1 aliphatic heterocycles. The summed E-state index contributed by atoms with van der Waals surface area (Å²) in [5.74, 6) is -6.48. The lowest BCUT2D eigenvalue weighted by Crippen LogP contribution is -2.73. The molecular weight excluding hydrogens is 424 g/mol. The van der Waals surface area contributed by atoms with Gasteiger partial charge in [0.1, 0.15) is 12.6 Å². The molecule has 13 heteroatoms. The van der Waals surface area contributed by atoms with Gasteiger partial charge in [-0.1, -0.05) is 0 Å². The monoisotopic (exact) mass is 446 g/mol. The minimum Gasteiger partial charge on any atom is -0.463 e. The molecule has 166 valence electrons. The van der Waals surface area contributed by atoms with Gasteiger partial charge in [-0.25, -0.2) is 0 Å². The van der Waals surface area contributed by atoms with Crippen LogP contribution in [0.4, 0.5) is 0 Å². The highest BCUT2D eigenvalue weighted by Gasteiger charge is 2.64. The van der Waals surface area contributed by atoms with Crippen LogP contribution in [0.15, 0.2) is 4.99 Å². The zero-order valence-electron chi connectivity index (χ0n) is 17.0. The molecule has 12 nitrogen and oxygen atoms in total. The number of thiocarbonyl (C=S) groups is 1. The Hall–Kier alpha value is -2.89. The Balaban J connectivity index is 3.71. The zero-order valence-corrected chi connectivity index (χ0v) is 17.8. The molecule has 1 heterocycles. The third kappa shape index (κ3) is 6.58. The van der Waals surface area contributed by atoms with Gasteiger partial charge in [0.05, 0.1) is 5.16 Å². The van der Waals surface area contributed by atoms with Crippen LogP contribution < -0.4 is 5.32 Å². The van der Waals surface area contributed by atoms with Crippen LogP contribution in [0.2, 0.25) is 0 Å². The SMILES string of the molecule is CC(=O)N[C@H]1[C@H](N=C=S)O[C@H](COC(C)=O)C(OC(C)=O)(OC(C)=O)[C@@H]1OC(C)=O. The molecule has 1 aliphatic rings. The van der Waals surface area contributed by atoms with E-state index in [0.717, 1.165) is 34.6 Å². The van der Waals surface area contributed by atoms with Gasteiger partial charge in [-0.05, 0) is 12.2 Å². The molecule has 0 aromatic heterocycles. The molecule has 0 saturated carbocycles. The summed E-state index contributed by atoms with van der Waals surface area (Å²) in [5, 5.41) is 4.52. The number of nitrogens with one attached hydrogen (secondary N) is 1. The highest BCUT2D eigenvalue weighted by atomic mass is 32.1. The number of nitrogens with zero attached hydrogens (tertiary/aromatic N) is 1. The predicted molar refractivity (Wildman–Crippen MR) is 99.7 cm³/mol. The van der Waals surface area contributed by atoms with Crippen LogP contribution in [-0.4, -0.2) is 71.8 Å². The van der Waals surface area contributed by atoms with Crippen molar-refractivity contribution in [2.45, 2.75) is 64.9 Å². The Morgan fingerprint density at radius 3 is 1.97 bits per heavy atom. The molecule has 0 radical (unpaired) electrons. The Morgan fingerprint density at radius 2 is 1.57 bits per heavy atom. The fourth-order valence-corrected chi connectivity index (χ4v) is 2.98. The van der Waals surface area contributed by atoms with E-state index in [1.807, 2.05) is 0 Å². The summed E-state index contributed by atoms with van der Waals surface area (Å²) in [6.45, 7) is 4.75. The first-order valence-electron chi connectivity index (χ1n) is 8.62. The second-order valence-corrected chi connectivity index (χ2v) is 6.39. The van der Waals surface area contributed by atoms with Gasteiger partial charge < -0.3 is 29.0 Å². The summed E-state index contributed by atoms with van der Waals surface area (Å²) in [7, 11) is 0. The van der Waals surface area contributed by atoms with Crippen molar-refractivity contribution in [1.82, 2.24) is 5.32 Å². The van der Waals surface area contributed by atoms with E-state index in [4.69, 9.17) is 23.7 Å². The van der Waals surface area contributed by atoms with Crippen LogP contribution in [0.5, 0.6) is 0 Å². The maximum Gasteiger partial charge on any atom is 0.325 e. The summed E-state index contributed by atoms with van der Waals surface area (Å²) >= 11 is 4.59. The molecule has 1 rings (SSSR count). The van der Waals surface area contributed by atoms with E-state index in [1.54, 1.807) is 0 Å². The van der Waals surface area contributed by atoms with E-state index in [9.17, 15) is 24.0 Å². The van der Waals surface area contributed by atoms with Gasteiger partial charge in [-0.2, -0.15) is 4.99 Å². The van der Waals surface area contributed by atoms with Gasteiger partial charge in [0, 0.05) is 34.6 Å². The Kier molecular flexibility index (Phi) is 9.02. The van der Waals surface area contributed by atoms with Crippen molar-refractivity contribution < 1.29 is 47.7 Å². The number of carbonyl (C=O) groups is 5. The molecule has 1 amide bonds. The fourth-order valence-electron chi connectivity index (χ4n) is 2.88. The van der Waals surface area contributed by atoms with Crippen LogP contribution >= 0.6 is 12.2 Å². The average molecular weight is 446 g/mol. The van der Waals surface area contributed by atoms with Gasteiger partial charge in [-0.3, -0.25) is 24.0 Å². The number of isothiocyanates is 1. The molecule has 30 heavy (non-hydrogen) atoms. The number of aliphatic imine (C=N–C) groups is 1. The highest BCUT2D eigenvalue weighted by molar-refractivity contribution is 7.78. The average Bonchev–Trinajstić information content (AvgIpc) is 2.57. The molecule has 0 unspecified atom stereocenters. The second kappa shape index (κ2) is 10.8. The van der Waals surface area contributed by atoms with E-state index in [1.165, 1.54) is 0 Å². The fraction of sp³-hybridized carbons (Fsp3) is 0.647. The number of rotatable bonds is 7. The number of amides is 1. The van der Waals surface area contributed by atoms with Crippen LogP contribution in [0.25, 0.3) is 0 Å². The highest BCUT2D eigenvalue weighted by Crippen LogP contribution is 2.38. The van der Waals surface area contributed by atoms with E-state index in [0.29, 0.717) is 0 Å². The standard InChI is InChI=1S/C17H22N2O10S/c1-8(20)19-14-15(26-10(3)22)17(28-11(4)23,29-12(5)24)13(6-25-9(2)21)27-16(14)18-7-30/h13-16H,6H2,1-5H3,(H,19,20)/t13-,14-,15-,16-/m1/s1. The van der Waals surface area contributed by atoms with Crippen molar-refractivity contribution in [3.8, 4) is 0 Å². The van der Waals surface area contributed by atoms with Gasteiger partial charge in [0.2, 0.25) is 12.0 Å². The minimum absolute atomic E-state index is 0.579. The van der Waals surface area contributed by atoms with Gasteiger partial charge in [0.15, 0.2) is 12.3 Å². The molecule has 0 bridgehead atoms. The van der Waals surface area contributed by atoms with Crippen molar-refractivity contribution in [2.75, 3.05) is 6.61 Å². The first-order chi connectivity index (χ1) is 13.9. The summed E-state index contributed by atoms with van der Waals surface area (Å²) in [6, 6.07) is -1.31. The topological polar surface area (TPSA) is 156 Å². The van der Waals surface area contributed by atoms with Crippen LogP contribution in [0.3, 0.4) is 0 Å². The molecule has 0 aromatic carbocycles. The van der Waals surface area contributed by atoms with Crippen molar-refractivity contribution >= 4 is 47.2 Å². The third-order valence-electron chi connectivity index (χ3n) is 3.67. The lowest BCUT2D eigenvalue weighted by molar-refractivity contribution is -0.341. The van der Waals surface area contributed by atoms with E-state index >= 15 is 0 Å². The number of hydrogen-bond donors (Lipinski definition) is 1. The Bertz CT molecular complexity index is 748.